The number of aromatic nitrogens is 2. The third-order valence-electron chi connectivity index (χ3n) is 2.86. The van der Waals surface area contributed by atoms with Gasteiger partial charge in [0.25, 0.3) is 0 Å². The molecule has 0 radical (unpaired) electrons. The van der Waals surface area contributed by atoms with Crippen LogP contribution in [0.2, 0.25) is 5.02 Å². The number of hydrogen-bond acceptors (Lipinski definition) is 2. The molecule has 2 aromatic rings. The van der Waals surface area contributed by atoms with Gasteiger partial charge in [-0.15, -0.1) is 0 Å². The van der Waals surface area contributed by atoms with Crippen molar-refractivity contribution in [2.24, 2.45) is 0 Å². The Morgan fingerprint density at radius 3 is 2.84 bits per heavy atom. The predicted molar refractivity (Wildman–Crippen MR) is 84.8 cm³/mol. The molecule has 0 aliphatic heterocycles. The third kappa shape index (κ3) is 3.36. The maximum absolute atomic E-state index is 12.4. The summed E-state index contributed by atoms with van der Waals surface area (Å²) in [6, 6.07) is 7.34. The van der Waals surface area contributed by atoms with E-state index < -0.39 is 0 Å². The topological polar surface area (TPSA) is 34.9 Å². The Morgan fingerprint density at radius 1 is 1.42 bits per heavy atom. The van der Waals surface area contributed by atoms with E-state index in [1.54, 1.807) is 12.1 Å². The molecule has 0 saturated carbocycles. The second kappa shape index (κ2) is 6.05. The Hall–Kier alpha value is -0.880. The number of carbonyl (C=O) groups is 1. The van der Waals surface area contributed by atoms with Crippen LogP contribution in [0.5, 0.6) is 0 Å². The van der Waals surface area contributed by atoms with Crippen molar-refractivity contribution in [1.29, 1.82) is 0 Å². The summed E-state index contributed by atoms with van der Waals surface area (Å²) < 4.78 is 2.79. The van der Waals surface area contributed by atoms with E-state index in [9.17, 15) is 4.79 Å². The first-order valence-electron chi connectivity index (χ1n) is 6.03. The highest BCUT2D eigenvalue weighted by molar-refractivity contribution is 14.1. The number of rotatable bonds is 4. The number of carbonyl (C=O) groups excluding carboxylic acids is 1. The third-order valence-corrected chi connectivity index (χ3v) is 4.03. The molecule has 0 atom stereocenters. The molecule has 5 heteroatoms. The lowest BCUT2D eigenvalue weighted by atomic mass is 10.1. The van der Waals surface area contributed by atoms with Crippen molar-refractivity contribution in [3.63, 3.8) is 0 Å². The first-order chi connectivity index (χ1) is 9.01. The quantitative estimate of drug-likeness (QED) is 0.588. The lowest BCUT2D eigenvalue weighted by Crippen LogP contribution is -2.10. The summed E-state index contributed by atoms with van der Waals surface area (Å²) in [6.07, 6.45) is 0.352. The average molecular weight is 389 g/mol. The Labute approximate surface area is 131 Å². The zero-order valence-electron chi connectivity index (χ0n) is 10.8. The Kier molecular flexibility index (Phi) is 4.62. The van der Waals surface area contributed by atoms with Crippen molar-refractivity contribution in [2.75, 3.05) is 0 Å². The number of Topliss-reactive ketones (excluding diaryl/α,β-unsaturated/α-hetero) is 1. The fraction of sp³-hybridized carbons (Fsp3) is 0.286. The Morgan fingerprint density at radius 2 is 2.16 bits per heavy atom. The predicted octanol–water partition coefficient (Wildman–Crippen LogP) is 3.89. The van der Waals surface area contributed by atoms with Gasteiger partial charge in [-0.1, -0.05) is 11.6 Å². The normalized spacial score (nSPS) is 10.7. The van der Waals surface area contributed by atoms with E-state index in [0.29, 0.717) is 17.0 Å². The minimum atomic E-state index is 0.0708. The van der Waals surface area contributed by atoms with Crippen molar-refractivity contribution < 1.29 is 4.79 Å². The van der Waals surface area contributed by atoms with Gasteiger partial charge in [0.05, 0.1) is 12.1 Å². The Balaban J connectivity index is 2.27. The summed E-state index contributed by atoms with van der Waals surface area (Å²) in [4.78, 5) is 12.4. The summed E-state index contributed by atoms with van der Waals surface area (Å²) in [6.45, 7) is 4.72. The molecule has 0 amide bonds. The first-order valence-corrected chi connectivity index (χ1v) is 7.48. The molecule has 0 unspecified atom stereocenters. The smallest absolute Gasteiger partial charge is 0.169 e. The van der Waals surface area contributed by atoms with Gasteiger partial charge in [0.1, 0.15) is 0 Å². The standard InChI is InChI=1S/C14H14ClIN2O/c1-3-18-11(6-9(2)17-18)8-14(19)12-7-10(15)4-5-13(12)16/h4-7H,3,8H2,1-2H3. The van der Waals surface area contributed by atoms with Crippen LogP contribution >= 0.6 is 34.2 Å². The number of benzene rings is 1. The number of ketones is 1. The summed E-state index contributed by atoms with van der Waals surface area (Å²) in [5.74, 6) is 0.0708. The van der Waals surface area contributed by atoms with Crippen LogP contribution in [0, 0.1) is 10.5 Å². The highest BCUT2D eigenvalue weighted by atomic mass is 127. The van der Waals surface area contributed by atoms with E-state index >= 15 is 0 Å². The monoisotopic (exact) mass is 388 g/mol. The van der Waals surface area contributed by atoms with Gasteiger partial charge in [-0.25, -0.2) is 0 Å². The molecule has 0 aliphatic rings. The van der Waals surface area contributed by atoms with Crippen LogP contribution in [-0.4, -0.2) is 15.6 Å². The van der Waals surface area contributed by atoms with Gasteiger partial charge in [-0.3, -0.25) is 9.48 Å². The molecule has 0 spiro atoms. The zero-order chi connectivity index (χ0) is 14.0. The summed E-state index contributed by atoms with van der Waals surface area (Å²) in [5, 5.41) is 4.94. The second-order valence-electron chi connectivity index (χ2n) is 4.32. The second-order valence-corrected chi connectivity index (χ2v) is 5.92. The fourth-order valence-electron chi connectivity index (χ4n) is 1.99. The van der Waals surface area contributed by atoms with E-state index in [4.69, 9.17) is 11.6 Å². The molecule has 0 aliphatic carbocycles. The molecule has 0 N–H and O–H groups in total. The molecule has 2 rings (SSSR count). The van der Waals surface area contributed by atoms with Gasteiger partial charge in [0.2, 0.25) is 0 Å². The van der Waals surface area contributed by atoms with Crippen molar-refractivity contribution in [2.45, 2.75) is 26.8 Å². The molecular weight excluding hydrogens is 375 g/mol. The molecule has 1 heterocycles. The lowest BCUT2D eigenvalue weighted by molar-refractivity contribution is 0.0989. The van der Waals surface area contributed by atoms with Crippen molar-refractivity contribution in [1.82, 2.24) is 9.78 Å². The lowest BCUT2D eigenvalue weighted by Gasteiger charge is -2.06. The molecule has 3 nitrogen and oxygen atoms in total. The molecule has 0 saturated heterocycles. The number of aryl methyl sites for hydroxylation is 2. The maximum Gasteiger partial charge on any atom is 0.169 e. The average Bonchev–Trinajstić information content (AvgIpc) is 2.72. The summed E-state index contributed by atoms with van der Waals surface area (Å²) >= 11 is 8.11. The number of hydrogen-bond donors (Lipinski definition) is 0. The van der Waals surface area contributed by atoms with Crippen LogP contribution in [0.4, 0.5) is 0 Å². The minimum absolute atomic E-state index is 0.0708. The highest BCUT2D eigenvalue weighted by Crippen LogP contribution is 2.20. The highest BCUT2D eigenvalue weighted by Gasteiger charge is 2.14. The van der Waals surface area contributed by atoms with Crippen molar-refractivity contribution in [3.8, 4) is 0 Å². The van der Waals surface area contributed by atoms with Gasteiger partial charge < -0.3 is 0 Å². The van der Waals surface area contributed by atoms with Crippen LogP contribution in [-0.2, 0) is 13.0 Å². The number of nitrogens with zero attached hydrogens (tertiary/aromatic N) is 2. The summed E-state index contributed by atoms with van der Waals surface area (Å²) in [7, 11) is 0. The fourth-order valence-corrected chi connectivity index (χ4v) is 2.79. The minimum Gasteiger partial charge on any atom is -0.294 e. The first kappa shape index (κ1) is 14.5. The van der Waals surface area contributed by atoms with E-state index in [0.717, 1.165) is 21.5 Å². The van der Waals surface area contributed by atoms with Crippen LogP contribution < -0.4 is 0 Å². The van der Waals surface area contributed by atoms with Gasteiger partial charge in [0.15, 0.2) is 5.78 Å². The van der Waals surface area contributed by atoms with Crippen LogP contribution in [0.3, 0.4) is 0 Å². The van der Waals surface area contributed by atoms with Gasteiger partial charge >= 0.3 is 0 Å². The van der Waals surface area contributed by atoms with Crippen LogP contribution in [0.25, 0.3) is 0 Å². The molecule has 0 bridgehead atoms. The van der Waals surface area contributed by atoms with Gasteiger partial charge in [-0.05, 0) is 60.7 Å². The summed E-state index contributed by atoms with van der Waals surface area (Å²) in [5.41, 5.74) is 2.56. The van der Waals surface area contributed by atoms with Crippen LogP contribution in [0.15, 0.2) is 24.3 Å². The van der Waals surface area contributed by atoms with Crippen LogP contribution in [0.1, 0.15) is 28.7 Å². The maximum atomic E-state index is 12.4. The van der Waals surface area contributed by atoms with Gasteiger partial charge in [-0.2, -0.15) is 5.10 Å². The van der Waals surface area contributed by atoms with E-state index in [1.807, 2.05) is 30.7 Å². The van der Waals surface area contributed by atoms with Crippen molar-refractivity contribution in [3.05, 3.63) is 49.8 Å². The molecule has 1 aromatic carbocycles. The Bertz CT molecular complexity index is 622. The zero-order valence-corrected chi connectivity index (χ0v) is 13.7. The van der Waals surface area contributed by atoms with Gasteiger partial charge in [0, 0.05) is 26.4 Å². The van der Waals surface area contributed by atoms with Crippen molar-refractivity contribution >= 4 is 40.0 Å². The van der Waals surface area contributed by atoms with E-state index in [1.165, 1.54) is 0 Å². The number of halogens is 2. The molecule has 19 heavy (non-hydrogen) atoms. The molecule has 100 valence electrons. The molecular formula is C14H14ClIN2O. The molecule has 0 fully saturated rings. The SMILES string of the molecule is CCn1nc(C)cc1CC(=O)c1cc(Cl)ccc1I. The van der Waals surface area contributed by atoms with E-state index in [-0.39, 0.29) is 5.78 Å². The largest absolute Gasteiger partial charge is 0.294 e. The molecule has 1 aromatic heterocycles. The van der Waals surface area contributed by atoms with E-state index in [2.05, 4.69) is 27.7 Å².